The van der Waals surface area contributed by atoms with E-state index in [1.165, 1.54) is 6.07 Å². The molecule has 1 aromatic heterocycles. The van der Waals surface area contributed by atoms with Gasteiger partial charge in [-0.15, -0.1) is 10.2 Å². The number of hydrogen-bond acceptors (Lipinski definition) is 5. The molecule has 1 saturated heterocycles. The summed E-state index contributed by atoms with van der Waals surface area (Å²) < 4.78 is 5.58. The molecule has 0 spiro atoms. The van der Waals surface area contributed by atoms with Crippen LogP contribution in [-0.4, -0.2) is 47.1 Å². The van der Waals surface area contributed by atoms with Crippen molar-refractivity contribution in [1.29, 1.82) is 0 Å². The van der Waals surface area contributed by atoms with Crippen LogP contribution in [0.15, 0.2) is 12.1 Å². The van der Waals surface area contributed by atoms with Gasteiger partial charge < -0.3 is 14.7 Å². The van der Waals surface area contributed by atoms with Crippen LogP contribution in [0.5, 0.6) is 0 Å². The molecule has 98 valence electrons. The Morgan fingerprint density at radius 3 is 2.89 bits per heavy atom. The molecule has 1 unspecified atom stereocenters. The highest BCUT2D eigenvalue weighted by Gasteiger charge is 2.19. The Hall–Kier alpha value is -1.69. The lowest BCUT2D eigenvalue weighted by Crippen LogP contribution is -2.32. The predicted molar refractivity (Wildman–Crippen MR) is 65.9 cm³/mol. The summed E-state index contributed by atoms with van der Waals surface area (Å²) in [5.41, 5.74) is -0.0353. The van der Waals surface area contributed by atoms with Crippen molar-refractivity contribution in [2.75, 3.05) is 24.6 Å². The Bertz CT molecular complexity index is 402. The van der Waals surface area contributed by atoms with Gasteiger partial charge in [0.25, 0.3) is 0 Å². The van der Waals surface area contributed by atoms with Gasteiger partial charge >= 0.3 is 5.97 Å². The van der Waals surface area contributed by atoms with E-state index in [1.807, 2.05) is 6.92 Å². The van der Waals surface area contributed by atoms with Gasteiger partial charge in [-0.2, -0.15) is 0 Å². The average molecular weight is 251 g/mol. The minimum atomic E-state index is -1.06. The fourth-order valence-corrected chi connectivity index (χ4v) is 2.03. The maximum atomic E-state index is 10.7. The Labute approximate surface area is 106 Å². The highest BCUT2D eigenvalue weighted by Crippen LogP contribution is 2.17. The van der Waals surface area contributed by atoms with E-state index in [0.29, 0.717) is 5.82 Å². The third-order valence-corrected chi connectivity index (χ3v) is 3.02. The molecule has 0 aromatic carbocycles. The van der Waals surface area contributed by atoms with Gasteiger partial charge in [0.15, 0.2) is 11.5 Å². The zero-order valence-corrected chi connectivity index (χ0v) is 10.4. The van der Waals surface area contributed by atoms with Crippen LogP contribution in [0.3, 0.4) is 0 Å². The fourth-order valence-electron chi connectivity index (χ4n) is 2.03. The number of aromatic nitrogens is 2. The van der Waals surface area contributed by atoms with Crippen LogP contribution < -0.4 is 4.90 Å². The molecule has 2 rings (SSSR count). The van der Waals surface area contributed by atoms with E-state index in [-0.39, 0.29) is 11.8 Å². The van der Waals surface area contributed by atoms with Gasteiger partial charge in [-0.25, -0.2) is 4.79 Å². The van der Waals surface area contributed by atoms with Gasteiger partial charge in [-0.3, -0.25) is 0 Å². The quantitative estimate of drug-likeness (QED) is 0.847. The molecular weight excluding hydrogens is 234 g/mol. The second-order valence-corrected chi connectivity index (χ2v) is 4.26. The molecule has 6 heteroatoms. The molecular formula is C12H17N3O3. The lowest BCUT2D eigenvalue weighted by Gasteiger charge is -2.24. The van der Waals surface area contributed by atoms with Crippen molar-refractivity contribution >= 4 is 11.8 Å². The van der Waals surface area contributed by atoms with Gasteiger partial charge in [-0.1, -0.05) is 0 Å². The first-order valence-electron chi connectivity index (χ1n) is 6.14. The van der Waals surface area contributed by atoms with Crippen molar-refractivity contribution in [2.45, 2.75) is 25.9 Å². The monoisotopic (exact) mass is 251 g/mol. The van der Waals surface area contributed by atoms with Crippen molar-refractivity contribution in [1.82, 2.24) is 10.2 Å². The molecule has 0 bridgehead atoms. The van der Waals surface area contributed by atoms with Crippen molar-refractivity contribution in [3.8, 4) is 0 Å². The van der Waals surface area contributed by atoms with Crippen molar-refractivity contribution in [3.05, 3.63) is 17.8 Å². The first-order valence-corrected chi connectivity index (χ1v) is 6.14. The van der Waals surface area contributed by atoms with Gasteiger partial charge in [-0.05, 0) is 31.9 Å². The molecule has 0 radical (unpaired) electrons. The van der Waals surface area contributed by atoms with E-state index < -0.39 is 5.97 Å². The lowest BCUT2D eigenvalue weighted by molar-refractivity contribution is 0.0689. The van der Waals surface area contributed by atoms with Gasteiger partial charge in [0.2, 0.25) is 0 Å². The summed E-state index contributed by atoms with van der Waals surface area (Å²) >= 11 is 0. The van der Waals surface area contributed by atoms with Crippen LogP contribution in [0, 0.1) is 0 Å². The van der Waals surface area contributed by atoms with Crippen molar-refractivity contribution in [3.63, 3.8) is 0 Å². The number of likely N-dealkylation sites (N-methyl/N-ethyl adjacent to an activating group) is 1. The number of hydrogen-bond donors (Lipinski definition) is 1. The normalized spacial score (nSPS) is 18.8. The van der Waals surface area contributed by atoms with E-state index in [2.05, 4.69) is 15.1 Å². The molecule has 6 nitrogen and oxygen atoms in total. The van der Waals surface area contributed by atoms with E-state index in [4.69, 9.17) is 9.84 Å². The molecule has 1 N–H and O–H groups in total. The molecule has 1 fully saturated rings. The number of rotatable bonds is 5. The minimum Gasteiger partial charge on any atom is -0.476 e. The largest absolute Gasteiger partial charge is 0.476 e. The number of nitrogens with zero attached hydrogens (tertiary/aromatic N) is 3. The fraction of sp³-hybridized carbons (Fsp3) is 0.583. The molecule has 1 atom stereocenters. The maximum Gasteiger partial charge on any atom is 0.356 e. The minimum absolute atomic E-state index is 0.0353. The number of aromatic carboxylic acids is 1. The maximum absolute atomic E-state index is 10.7. The first kappa shape index (κ1) is 12.8. The number of carboxylic acids is 1. The van der Waals surface area contributed by atoms with Gasteiger partial charge in [0.1, 0.15) is 0 Å². The molecule has 0 amide bonds. The molecule has 2 heterocycles. The topological polar surface area (TPSA) is 75.5 Å². The summed E-state index contributed by atoms with van der Waals surface area (Å²) in [7, 11) is 0. The van der Waals surface area contributed by atoms with Crippen molar-refractivity contribution < 1.29 is 14.6 Å². The molecule has 1 aliphatic rings. The molecule has 0 saturated carbocycles. The highest BCUT2D eigenvalue weighted by atomic mass is 16.5. The van der Waals surface area contributed by atoms with E-state index >= 15 is 0 Å². The standard InChI is InChI=1S/C12H17N3O3/c1-2-15(8-9-4-3-7-18-9)11-6-5-10(12(16)17)13-14-11/h5-6,9H,2-4,7-8H2,1H3,(H,16,17). The predicted octanol–water partition coefficient (Wildman–Crippen LogP) is 1.18. The van der Waals surface area contributed by atoms with Crippen molar-refractivity contribution in [2.24, 2.45) is 0 Å². The lowest BCUT2D eigenvalue weighted by atomic mass is 10.2. The summed E-state index contributed by atoms with van der Waals surface area (Å²) in [6.07, 6.45) is 2.41. The van der Waals surface area contributed by atoms with Crippen LogP contribution in [0.25, 0.3) is 0 Å². The van der Waals surface area contributed by atoms with Gasteiger partial charge in [0.05, 0.1) is 6.10 Å². The summed E-state index contributed by atoms with van der Waals surface area (Å²) in [6, 6.07) is 3.16. The third-order valence-electron chi connectivity index (χ3n) is 3.02. The second kappa shape index (κ2) is 5.77. The highest BCUT2D eigenvalue weighted by molar-refractivity contribution is 5.85. The van der Waals surface area contributed by atoms with Gasteiger partial charge in [0, 0.05) is 19.7 Å². The molecule has 0 aliphatic carbocycles. The molecule has 18 heavy (non-hydrogen) atoms. The SMILES string of the molecule is CCN(CC1CCCO1)c1ccc(C(=O)O)nn1. The third kappa shape index (κ3) is 2.95. The Kier molecular flexibility index (Phi) is 4.09. The molecule has 1 aromatic rings. The van der Waals surface area contributed by atoms with Crippen LogP contribution in [0.2, 0.25) is 0 Å². The number of anilines is 1. The smallest absolute Gasteiger partial charge is 0.356 e. The number of carboxylic acid groups (broad SMARTS) is 1. The zero-order chi connectivity index (χ0) is 13.0. The van der Waals surface area contributed by atoms with Crippen LogP contribution in [0.4, 0.5) is 5.82 Å². The molecule has 1 aliphatic heterocycles. The summed E-state index contributed by atoms with van der Waals surface area (Å²) in [5.74, 6) is -0.366. The zero-order valence-electron chi connectivity index (χ0n) is 10.4. The van der Waals surface area contributed by atoms with Crippen LogP contribution in [-0.2, 0) is 4.74 Å². The summed E-state index contributed by atoms with van der Waals surface area (Å²) in [6.45, 7) is 4.42. The summed E-state index contributed by atoms with van der Waals surface area (Å²) in [4.78, 5) is 12.7. The van der Waals surface area contributed by atoms with E-state index in [9.17, 15) is 4.79 Å². The van der Waals surface area contributed by atoms with Crippen LogP contribution >= 0.6 is 0 Å². The Morgan fingerprint density at radius 2 is 2.39 bits per heavy atom. The van der Waals surface area contributed by atoms with Crippen LogP contribution in [0.1, 0.15) is 30.3 Å². The Morgan fingerprint density at radius 1 is 1.56 bits per heavy atom. The van der Waals surface area contributed by atoms with E-state index in [0.717, 1.165) is 32.5 Å². The first-order chi connectivity index (χ1) is 8.70. The second-order valence-electron chi connectivity index (χ2n) is 4.26. The average Bonchev–Trinajstić information content (AvgIpc) is 2.89. The number of ether oxygens (including phenoxy) is 1. The Balaban J connectivity index is 2.04. The number of carbonyl (C=O) groups is 1. The summed E-state index contributed by atoms with van der Waals surface area (Å²) in [5, 5.41) is 16.4. The van der Waals surface area contributed by atoms with E-state index in [1.54, 1.807) is 6.07 Å².